The van der Waals surface area contributed by atoms with Crippen LogP contribution in [0.15, 0.2) is 27.6 Å². The lowest BCUT2D eigenvalue weighted by Gasteiger charge is -2.31. The Bertz CT molecular complexity index is 557. The highest BCUT2D eigenvalue weighted by molar-refractivity contribution is 9.10. The second-order valence-corrected chi connectivity index (χ2v) is 7.28. The fraction of sp³-hybridized carbons (Fsp3) is 0.500. The molecule has 106 valence electrons. The van der Waals surface area contributed by atoms with E-state index >= 15 is 0 Å². The van der Waals surface area contributed by atoms with Crippen molar-refractivity contribution in [1.29, 1.82) is 0 Å². The van der Waals surface area contributed by atoms with Crippen LogP contribution >= 0.6 is 15.9 Å². The molecule has 0 spiro atoms. The van der Waals surface area contributed by atoms with Gasteiger partial charge in [0.15, 0.2) is 5.82 Å². The SMILES string of the molecule is CNC1CCN(S(=O)(=O)c2cccc(Br)c2F)CC1. The lowest BCUT2D eigenvalue weighted by Crippen LogP contribution is -2.44. The van der Waals surface area contributed by atoms with Crippen LogP contribution in [0.4, 0.5) is 4.39 Å². The third-order valence-electron chi connectivity index (χ3n) is 3.40. The summed E-state index contributed by atoms with van der Waals surface area (Å²) in [7, 11) is -1.88. The standard InChI is InChI=1S/C12H16BrFN2O2S/c1-15-9-5-7-16(8-6-9)19(17,18)11-4-2-3-10(13)12(11)14/h2-4,9,15H,5-8H2,1H3. The first-order chi connectivity index (χ1) is 8.96. The fourth-order valence-electron chi connectivity index (χ4n) is 2.21. The molecule has 1 aliphatic rings. The lowest BCUT2D eigenvalue weighted by atomic mass is 10.1. The Morgan fingerprint density at radius 1 is 1.37 bits per heavy atom. The molecule has 4 nitrogen and oxygen atoms in total. The third-order valence-corrected chi connectivity index (χ3v) is 5.92. The van der Waals surface area contributed by atoms with Gasteiger partial charge in [0.1, 0.15) is 4.90 Å². The van der Waals surface area contributed by atoms with Crippen molar-refractivity contribution in [3.8, 4) is 0 Å². The Hall–Kier alpha value is -0.500. The molecule has 7 heteroatoms. The van der Waals surface area contributed by atoms with E-state index in [2.05, 4.69) is 21.2 Å². The van der Waals surface area contributed by atoms with Crippen molar-refractivity contribution in [1.82, 2.24) is 9.62 Å². The average Bonchev–Trinajstić information content (AvgIpc) is 2.41. The third kappa shape index (κ3) is 2.99. The molecule has 0 radical (unpaired) electrons. The van der Waals surface area contributed by atoms with E-state index in [1.165, 1.54) is 22.5 Å². The maximum Gasteiger partial charge on any atom is 0.246 e. The first-order valence-electron chi connectivity index (χ1n) is 6.08. The van der Waals surface area contributed by atoms with E-state index < -0.39 is 15.8 Å². The highest BCUT2D eigenvalue weighted by atomic mass is 79.9. The van der Waals surface area contributed by atoms with Crippen LogP contribution < -0.4 is 5.32 Å². The summed E-state index contributed by atoms with van der Waals surface area (Å²) in [6.45, 7) is 0.833. The first-order valence-corrected chi connectivity index (χ1v) is 8.31. The Morgan fingerprint density at radius 3 is 2.58 bits per heavy atom. The van der Waals surface area contributed by atoms with Gasteiger partial charge in [0.05, 0.1) is 4.47 Å². The second kappa shape index (κ2) is 5.87. The molecule has 1 N–H and O–H groups in total. The van der Waals surface area contributed by atoms with Crippen LogP contribution in [0.5, 0.6) is 0 Å². The minimum atomic E-state index is -3.75. The summed E-state index contributed by atoms with van der Waals surface area (Å²) in [4.78, 5) is -0.259. The fourth-order valence-corrected chi connectivity index (χ4v) is 4.26. The van der Waals surface area contributed by atoms with Crippen molar-refractivity contribution in [2.24, 2.45) is 0 Å². The first kappa shape index (κ1) is 14.9. The molecule has 1 aliphatic heterocycles. The molecule has 2 rings (SSSR count). The molecule has 0 atom stereocenters. The van der Waals surface area contributed by atoms with Crippen LogP contribution in [-0.2, 0) is 10.0 Å². The van der Waals surface area contributed by atoms with Crippen LogP contribution in [0.2, 0.25) is 0 Å². The monoisotopic (exact) mass is 350 g/mol. The Labute approximate surface area is 121 Å². The van der Waals surface area contributed by atoms with Crippen LogP contribution in [-0.4, -0.2) is 38.9 Å². The number of sulfonamides is 1. The van der Waals surface area contributed by atoms with Gasteiger partial charge < -0.3 is 5.32 Å². The number of nitrogens with zero attached hydrogens (tertiary/aromatic N) is 1. The lowest BCUT2D eigenvalue weighted by molar-refractivity contribution is 0.297. The van der Waals surface area contributed by atoms with Gasteiger partial charge in [-0.3, -0.25) is 0 Å². The number of benzene rings is 1. The summed E-state index contributed by atoms with van der Waals surface area (Å²) in [5, 5.41) is 3.13. The van der Waals surface area contributed by atoms with Crippen LogP contribution in [0.1, 0.15) is 12.8 Å². The van der Waals surface area contributed by atoms with Gasteiger partial charge in [0.25, 0.3) is 0 Å². The summed E-state index contributed by atoms with van der Waals surface area (Å²) in [6.07, 6.45) is 1.48. The van der Waals surface area contributed by atoms with E-state index in [0.717, 1.165) is 12.8 Å². The summed E-state index contributed by atoms with van der Waals surface area (Å²) in [6, 6.07) is 4.65. The number of hydrogen-bond acceptors (Lipinski definition) is 3. The summed E-state index contributed by atoms with van der Waals surface area (Å²) in [5.74, 6) is -0.724. The van der Waals surface area contributed by atoms with Gasteiger partial charge in [-0.05, 0) is 48.0 Å². The van der Waals surface area contributed by atoms with E-state index in [-0.39, 0.29) is 9.37 Å². The van der Waals surface area contributed by atoms with Gasteiger partial charge in [0, 0.05) is 19.1 Å². The maximum atomic E-state index is 13.9. The van der Waals surface area contributed by atoms with Gasteiger partial charge in [-0.1, -0.05) is 6.07 Å². The predicted octanol–water partition coefficient (Wildman–Crippen LogP) is 1.96. The molecule has 1 heterocycles. The number of halogens is 2. The minimum absolute atomic E-state index is 0.165. The zero-order valence-corrected chi connectivity index (χ0v) is 13.0. The average molecular weight is 351 g/mol. The predicted molar refractivity (Wildman–Crippen MR) is 74.9 cm³/mol. The summed E-state index contributed by atoms with van der Waals surface area (Å²) < 4.78 is 40.2. The van der Waals surface area contributed by atoms with Crippen molar-refractivity contribution in [3.05, 3.63) is 28.5 Å². The van der Waals surface area contributed by atoms with E-state index in [1.54, 1.807) is 0 Å². The van der Waals surface area contributed by atoms with Crippen molar-refractivity contribution >= 4 is 26.0 Å². The highest BCUT2D eigenvalue weighted by Gasteiger charge is 2.31. The molecule has 1 aromatic rings. The molecule has 1 saturated heterocycles. The molecule has 0 bridgehead atoms. The van der Waals surface area contributed by atoms with E-state index in [9.17, 15) is 12.8 Å². The molecule has 1 fully saturated rings. The van der Waals surface area contributed by atoms with E-state index in [1.807, 2.05) is 7.05 Å². The Balaban J connectivity index is 2.26. The number of rotatable bonds is 3. The van der Waals surface area contributed by atoms with Crippen LogP contribution in [0.25, 0.3) is 0 Å². The smallest absolute Gasteiger partial charge is 0.246 e. The van der Waals surface area contributed by atoms with Crippen LogP contribution in [0, 0.1) is 5.82 Å². The quantitative estimate of drug-likeness (QED) is 0.906. The maximum absolute atomic E-state index is 13.9. The number of piperidine rings is 1. The van der Waals surface area contributed by atoms with Crippen molar-refractivity contribution in [3.63, 3.8) is 0 Å². The highest BCUT2D eigenvalue weighted by Crippen LogP contribution is 2.26. The number of nitrogens with one attached hydrogen (secondary N) is 1. The Morgan fingerprint density at radius 2 is 2.00 bits per heavy atom. The van der Waals surface area contributed by atoms with Crippen molar-refractivity contribution in [2.75, 3.05) is 20.1 Å². The molecule has 0 unspecified atom stereocenters. The molecule has 0 saturated carbocycles. The normalized spacial score (nSPS) is 18.7. The molecule has 0 amide bonds. The molecule has 1 aromatic carbocycles. The van der Waals surface area contributed by atoms with Gasteiger partial charge in [0.2, 0.25) is 10.0 Å². The second-order valence-electron chi connectivity index (χ2n) is 4.52. The largest absolute Gasteiger partial charge is 0.317 e. The molecule has 0 aromatic heterocycles. The van der Waals surface area contributed by atoms with E-state index in [0.29, 0.717) is 19.1 Å². The zero-order valence-electron chi connectivity index (χ0n) is 10.6. The molecular weight excluding hydrogens is 335 g/mol. The Kier molecular flexibility index (Phi) is 4.60. The van der Waals surface area contributed by atoms with Gasteiger partial charge in [-0.2, -0.15) is 4.31 Å². The topological polar surface area (TPSA) is 49.4 Å². The summed E-state index contributed by atoms with van der Waals surface area (Å²) in [5.41, 5.74) is 0. The van der Waals surface area contributed by atoms with Gasteiger partial charge >= 0.3 is 0 Å². The van der Waals surface area contributed by atoms with E-state index in [4.69, 9.17) is 0 Å². The molecular formula is C12H16BrFN2O2S. The van der Waals surface area contributed by atoms with Crippen molar-refractivity contribution in [2.45, 2.75) is 23.8 Å². The number of hydrogen-bond donors (Lipinski definition) is 1. The van der Waals surface area contributed by atoms with Gasteiger partial charge in [-0.15, -0.1) is 0 Å². The van der Waals surface area contributed by atoms with Gasteiger partial charge in [-0.25, -0.2) is 12.8 Å². The van der Waals surface area contributed by atoms with Crippen molar-refractivity contribution < 1.29 is 12.8 Å². The zero-order chi connectivity index (χ0) is 14.0. The van der Waals surface area contributed by atoms with Crippen LogP contribution in [0.3, 0.4) is 0 Å². The molecule has 19 heavy (non-hydrogen) atoms. The summed E-state index contributed by atoms with van der Waals surface area (Å²) >= 11 is 3.02. The minimum Gasteiger partial charge on any atom is -0.317 e. The molecule has 0 aliphatic carbocycles.